The zero-order valence-electron chi connectivity index (χ0n) is 18.0. The smallest absolute Gasteiger partial charge is 0.310 e. The quantitative estimate of drug-likeness (QED) is 0.618. The maximum atomic E-state index is 13.8. The molecule has 2 aliphatic rings. The van der Waals surface area contributed by atoms with Gasteiger partial charge in [0.15, 0.2) is 11.5 Å². The number of ether oxygens (including phenoxy) is 3. The fourth-order valence-electron chi connectivity index (χ4n) is 4.72. The number of carboxylic acids is 1. The summed E-state index contributed by atoms with van der Waals surface area (Å²) in [6, 6.07) is 21.4. The second-order valence-electron chi connectivity index (χ2n) is 8.12. The summed E-state index contributed by atoms with van der Waals surface area (Å²) in [4.78, 5) is 28.1. The molecule has 5 rings (SSSR count). The van der Waals surface area contributed by atoms with Crippen LogP contribution in [0.4, 0.5) is 0 Å². The maximum Gasteiger partial charge on any atom is 0.310 e. The molecule has 168 valence electrons. The van der Waals surface area contributed by atoms with Crippen molar-refractivity contribution >= 4 is 11.9 Å². The van der Waals surface area contributed by atoms with Crippen molar-refractivity contribution in [1.29, 1.82) is 0 Å². The van der Waals surface area contributed by atoms with E-state index >= 15 is 0 Å². The van der Waals surface area contributed by atoms with Crippen LogP contribution in [-0.4, -0.2) is 35.8 Å². The number of rotatable bonds is 6. The fraction of sp³-hybridized carbons (Fsp3) is 0.231. The van der Waals surface area contributed by atoms with Gasteiger partial charge in [-0.2, -0.15) is 0 Å². The molecule has 3 aromatic rings. The molecule has 2 aliphatic heterocycles. The standard InChI is InChI=1S/C26H23NO6/c1-31-19-10-7-17(8-11-19)24-23(26(29)30)22(18-9-12-20-21(13-18)33-15-32-20)25(28)27(24)14-16-5-3-2-4-6-16/h2-13,22-24H,14-15H2,1H3,(H,29,30)/t22-,23-,24+/m1/s1. The van der Waals surface area contributed by atoms with Crippen LogP contribution in [0, 0.1) is 5.92 Å². The van der Waals surface area contributed by atoms with Gasteiger partial charge in [0.25, 0.3) is 0 Å². The molecule has 0 aliphatic carbocycles. The Hall–Kier alpha value is -4.00. The highest BCUT2D eigenvalue weighted by molar-refractivity contribution is 5.94. The van der Waals surface area contributed by atoms with E-state index in [9.17, 15) is 14.7 Å². The van der Waals surface area contributed by atoms with Gasteiger partial charge in [0, 0.05) is 6.54 Å². The van der Waals surface area contributed by atoms with E-state index in [0.717, 1.165) is 11.1 Å². The molecule has 7 heteroatoms. The van der Waals surface area contributed by atoms with Gasteiger partial charge >= 0.3 is 5.97 Å². The van der Waals surface area contributed by atoms with Crippen LogP contribution in [0.25, 0.3) is 0 Å². The Bertz CT molecular complexity index is 1180. The van der Waals surface area contributed by atoms with Crippen LogP contribution in [0.3, 0.4) is 0 Å². The van der Waals surface area contributed by atoms with Gasteiger partial charge in [-0.15, -0.1) is 0 Å². The van der Waals surface area contributed by atoms with E-state index in [0.29, 0.717) is 29.4 Å². The van der Waals surface area contributed by atoms with Crippen molar-refractivity contribution in [3.05, 3.63) is 89.5 Å². The molecular formula is C26H23NO6. The minimum Gasteiger partial charge on any atom is -0.497 e. The van der Waals surface area contributed by atoms with Gasteiger partial charge in [0.2, 0.25) is 12.7 Å². The van der Waals surface area contributed by atoms with Gasteiger partial charge in [-0.25, -0.2) is 0 Å². The number of benzene rings is 3. The van der Waals surface area contributed by atoms with Crippen LogP contribution in [0.15, 0.2) is 72.8 Å². The first-order valence-corrected chi connectivity index (χ1v) is 10.7. The van der Waals surface area contributed by atoms with Crippen molar-refractivity contribution < 1.29 is 28.9 Å². The van der Waals surface area contributed by atoms with Gasteiger partial charge in [0.1, 0.15) is 5.75 Å². The Balaban J connectivity index is 1.60. The number of carbonyl (C=O) groups excluding carboxylic acids is 1. The predicted octanol–water partition coefficient (Wildman–Crippen LogP) is 3.99. The Morgan fingerprint density at radius 2 is 1.70 bits per heavy atom. The lowest BCUT2D eigenvalue weighted by atomic mass is 9.82. The predicted molar refractivity (Wildman–Crippen MR) is 119 cm³/mol. The summed E-state index contributed by atoms with van der Waals surface area (Å²) in [5, 5.41) is 10.3. The number of amides is 1. The van der Waals surface area contributed by atoms with E-state index in [-0.39, 0.29) is 12.7 Å². The van der Waals surface area contributed by atoms with E-state index in [2.05, 4.69) is 0 Å². The highest BCUT2D eigenvalue weighted by Crippen LogP contribution is 2.49. The topological polar surface area (TPSA) is 85.3 Å². The summed E-state index contributed by atoms with van der Waals surface area (Å²) in [6.45, 7) is 0.412. The molecule has 0 saturated carbocycles. The monoisotopic (exact) mass is 445 g/mol. The Morgan fingerprint density at radius 3 is 2.39 bits per heavy atom. The lowest BCUT2D eigenvalue weighted by molar-refractivity contribution is -0.143. The Kier molecular flexibility index (Phi) is 5.38. The van der Waals surface area contributed by atoms with Crippen LogP contribution >= 0.6 is 0 Å². The molecule has 0 aromatic heterocycles. The molecule has 1 fully saturated rings. The van der Waals surface area contributed by atoms with Crippen molar-refractivity contribution in [2.24, 2.45) is 5.92 Å². The fourth-order valence-corrected chi connectivity index (χ4v) is 4.72. The first-order chi connectivity index (χ1) is 16.1. The third-order valence-corrected chi connectivity index (χ3v) is 6.28. The van der Waals surface area contributed by atoms with Crippen LogP contribution in [0.5, 0.6) is 17.2 Å². The molecule has 3 atom stereocenters. The summed E-state index contributed by atoms with van der Waals surface area (Å²) in [5.41, 5.74) is 2.28. The number of hydrogen-bond donors (Lipinski definition) is 1. The van der Waals surface area contributed by atoms with E-state index in [4.69, 9.17) is 14.2 Å². The molecule has 0 unspecified atom stereocenters. The molecular weight excluding hydrogens is 422 g/mol. The number of carboxylic acid groups (broad SMARTS) is 1. The molecule has 1 saturated heterocycles. The van der Waals surface area contributed by atoms with Crippen LogP contribution in [0.2, 0.25) is 0 Å². The first kappa shape index (κ1) is 20.9. The Morgan fingerprint density at radius 1 is 1.00 bits per heavy atom. The minimum atomic E-state index is -1.03. The molecule has 0 spiro atoms. The molecule has 1 N–H and O–H groups in total. The van der Waals surface area contributed by atoms with E-state index in [1.165, 1.54) is 0 Å². The summed E-state index contributed by atoms with van der Waals surface area (Å²) in [7, 11) is 1.57. The highest BCUT2D eigenvalue weighted by Gasteiger charge is 2.53. The van der Waals surface area contributed by atoms with Gasteiger partial charge in [-0.05, 0) is 41.0 Å². The third kappa shape index (κ3) is 3.75. The van der Waals surface area contributed by atoms with Gasteiger partial charge in [0.05, 0.1) is 25.0 Å². The molecule has 0 bridgehead atoms. The maximum absolute atomic E-state index is 13.8. The molecule has 3 aromatic carbocycles. The number of nitrogens with zero attached hydrogens (tertiary/aromatic N) is 1. The third-order valence-electron chi connectivity index (χ3n) is 6.28. The highest BCUT2D eigenvalue weighted by atomic mass is 16.7. The molecule has 1 amide bonds. The second-order valence-corrected chi connectivity index (χ2v) is 8.12. The second kappa shape index (κ2) is 8.50. The zero-order chi connectivity index (χ0) is 22.9. The van der Waals surface area contributed by atoms with Crippen LogP contribution < -0.4 is 14.2 Å². The van der Waals surface area contributed by atoms with Gasteiger partial charge < -0.3 is 24.2 Å². The number of methoxy groups -OCH3 is 1. The van der Waals surface area contributed by atoms with Crippen molar-refractivity contribution in [3.8, 4) is 17.2 Å². The van der Waals surface area contributed by atoms with E-state index in [1.807, 2.05) is 42.5 Å². The van der Waals surface area contributed by atoms with Crippen LogP contribution in [0.1, 0.15) is 28.7 Å². The number of carbonyl (C=O) groups is 2. The number of likely N-dealkylation sites (tertiary alicyclic amines) is 1. The zero-order valence-corrected chi connectivity index (χ0v) is 18.0. The lowest BCUT2D eigenvalue weighted by Crippen LogP contribution is -2.30. The van der Waals surface area contributed by atoms with Gasteiger partial charge in [-0.3, -0.25) is 9.59 Å². The molecule has 2 heterocycles. The van der Waals surface area contributed by atoms with Crippen molar-refractivity contribution in [3.63, 3.8) is 0 Å². The molecule has 0 radical (unpaired) electrons. The van der Waals surface area contributed by atoms with E-state index in [1.54, 1.807) is 42.3 Å². The number of fused-ring (bicyclic) bond motifs is 1. The minimum absolute atomic E-state index is 0.106. The SMILES string of the molecule is COc1ccc([C@H]2[C@H](C(=O)O)[C@@H](c3ccc4c(c3)OCO4)C(=O)N2Cc2ccccc2)cc1. The van der Waals surface area contributed by atoms with E-state index < -0.39 is 23.8 Å². The largest absolute Gasteiger partial charge is 0.497 e. The summed E-state index contributed by atoms with van der Waals surface area (Å²) >= 11 is 0. The molecule has 7 nitrogen and oxygen atoms in total. The first-order valence-electron chi connectivity index (χ1n) is 10.7. The number of hydrogen-bond acceptors (Lipinski definition) is 5. The average Bonchev–Trinajstić information content (AvgIpc) is 3.42. The van der Waals surface area contributed by atoms with Crippen molar-refractivity contribution in [2.45, 2.75) is 18.5 Å². The van der Waals surface area contributed by atoms with Crippen molar-refractivity contribution in [1.82, 2.24) is 4.90 Å². The summed E-state index contributed by atoms with van der Waals surface area (Å²) in [5.74, 6) is -1.32. The normalized spacial score (nSPS) is 21.3. The Labute approximate surface area is 191 Å². The lowest BCUT2D eigenvalue weighted by Gasteiger charge is -2.27. The number of aliphatic carboxylic acids is 1. The summed E-state index contributed by atoms with van der Waals surface area (Å²) in [6.07, 6.45) is 0. The molecule has 33 heavy (non-hydrogen) atoms. The summed E-state index contributed by atoms with van der Waals surface area (Å²) < 4.78 is 16.1. The van der Waals surface area contributed by atoms with Gasteiger partial charge in [-0.1, -0.05) is 48.5 Å². The van der Waals surface area contributed by atoms with Crippen LogP contribution in [-0.2, 0) is 16.1 Å². The average molecular weight is 445 g/mol. The van der Waals surface area contributed by atoms with Crippen molar-refractivity contribution in [2.75, 3.05) is 13.9 Å².